The van der Waals surface area contributed by atoms with Crippen LogP contribution >= 0.6 is 34.7 Å². The molecule has 3 amide bonds. The van der Waals surface area contributed by atoms with Crippen LogP contribution in [0.5, 0.6) is 0 Å². The van der Waals surface area contributed by atoms with E-state index in [0.717, 1.165) is 27.3 Å². The number of nitrogens with zero attached hydrogens (tertiary/aromatic N) is 3. The van der Waals surface area contributed by atoms with Gasteiger partial charge >= 0.3 is 4.87 Å². The van der Waals surface area contributed by atoms with Gasteiger partial charge in [0, 0.05) is 28.9 Å². The number of thioether (sulfide) groups is 1. The number of thiazole rings is 1. The molecule has 3 aromatic rings. The van der Waals surface area contributed by atoms with Gasteiger partial charge in [-0.05, 0) is 40.8 Å². The number of rotatable bonds is 4. The summed E-state index contributed by atoms with van der Waals surface area (Å²) in [6.07, 6.45) is 0. The normalized spacial score (nSPS) is 22.6. The second kappa shape index (κ2) is 10.7. The summed E-state index contributed by atoms with van der Waals surface area (Å²) in [5.41, 5.74) is 2.40. The molecule has 214 valence electrons. The maximum absolute atomic E-state index is 14.0. The molecule has 2 fully saturated rings. The van der Waals surface area contributed by atoms with Crippen molar-refractivity contribution in [2.45, 2.75) is 48.9 Å². The van der Waals surface area contributed by atoms with Crippen molar-refractivity contribution >= 4 is 58.1 Å². The zero-order valence-electron chi connectivity index (χ0n) is 23.0. The standard InChI is InChI=1S/C30H30ClN3O5S2/c1-30(2,3)18-6-4-17(5-7-18)22-23-24(27(37)34(26(23)36)20-10-8-19(31)9-11-20)40-28-25(22)41-29(38)33(28)16-21(35)32-12-14-39-15-13-32/h4-11,22-24H,12-16H2,1-3H3/t22-,23+,24-/m0/s1. The summed E-state index contributed by atoms with van der Waals surface area (Å²) < 4.78 is 6.85. The highest BCUT2D eigenvalue weighted by Crippen LogP contribution is 2.54. The highest BCUT2D eigenvalue weighted by atomic mass is 35.5. The predicted molar refractivity (Wildman–Crippen MR) is 160 cm³/mol. The smallest absolute Gasteiger partial charge is 0.308 e. The minimum atomic E-state index is -0.739. The van der Waals surface area contributed by atoms with Crippen LogP contribution in [0.4, 0.5) is 5.69 Å². The Labute approximate surface area is 251 Å². The van der Waals surface area contributed by atoms with Gasteiger partial charge in [0.05, 0.1) is 29.8 Å². The van der Waals surface area contributed by atoms with E-state index in [1.807, 2.05) is 24.3 Å². The number of imide groups is 1. The molecule has 3 atom stereocenters. The highest BCUT2D eigenvalue weighted by molar-refractivity contribution is 8.00. The van der Waals surface area contributed by atoms with E-state index in [-0.39, 0.29) is 34.6 Å². The fraction of sp³-hybridized carbons (Fsp3) is 0.400. The number of hydrogen-bond acceptors (Lipinski definition) is 7. The lowest BCUT2D eigenvalue weighted by molar-refractivity contribution is -0.136. The van der Waals surface area contributed by atoms with E-state index in [4.69, 9.17) is 16.3 Å². The number of amides is 3. The number of fused-ring (bicyclic) bond motifs is 2. The number of halogens is 1. The average Bonchev–Trinajstić information content (AvgIpc) is 3.40. The lowest BCUT2D eigenvalue weighted by Gasteiger charge is -2.31. The lowest BCUT2D eigenvalue weighted by Crippen LogP contribution is -2.43. The first-order chi connectivity index (χ1) is 19.5. The summed E-state index contributed by atoms with van der Waals surface area (Å²) in [5, 5.41) is 0.358. The van der Waals surface area contributed by atoms with Crippen molar-refractivity contribution in [2.24, 2.45) is 5.92 Å². The maximum Gasteiger partial charge on any atom is 0.308 e. The largest absolute Gasteiger partial charge is 0.378 e. The summed E-state index contributed by atoms with van der Waals surface area (Å²) in [5.74, 6) is -2.00. The van der Waals surface area contributed by atoms with Crippen LogP contribution in [0.1, 0.15) is 42.7 Å². The van der Waals surface area contributed by atoms with Crippen LogP contribution in [-0.4, -0.2) is 58.7 Å². The third kappa shape index (κ3) is 5.05. The van der Waals surface area contributed by atoms with E-state index in [1.165, 1.54) is 21.2 Å². The van der Waals surface area contributed by atoms with Crippen LogP contribution < -0.4 is 9.77 Å². The number of carbonyl (C=O) groups excluding carboxylic acids is 3. The molecular weight excluding hydrogens is 582 g/mol. The monoisotopic (exact) mass is 611 g/mol. The molecule has 0 N–H and O–H groups in total. The molecule has 0 aliphatic carbocycles. The fourth-order valence-corrected chi connectivity index (χ4v) is 8.60. The Hall–Kier alpha value is -2.92. The molecule has 0 saturated carbocycles. The molecule has 0 unspecified atom stereocenters. The Morgan fingerprint density at radius 1 is 0.976 bits per heavy atom. The van der Waals surface area contributed by atoms with Gasteiger partial charge in [0.15, 0.2) is 0 Å². The second-order valence-corrected chi connectivity index (χ2v) is 14.1. The Balaban J connectivity index is 1.44. The van der Waals surface area contributed by atoms with Crippen LogP contribution in [0.3, 0.4) is 0 Å². The van der Waals surface area contributed by atoms with Gasteiger partial charge in [0.1, 0.15) is 11.8 Å². The van der Waals surface area contributed by atoms with Gasteiger partial charge in [-0.15, -0.1) is 0 Å². The Morgan fingerprint density at radius 2 is 1.63 bits per heavy atom. The van der Waals surface area contributed by atoms with Gasteiger partial charge in [-0.2, -0.15) is 0 Å². The third-order valence-electron chi connectivity index (χ3n) is 7.93. The van der Waals surface area contributed by atoms with Crippen LogP contribution in [0, 0.1) is 5.92 Å². The minimum Gasteiger partial charge on any atom is -0.378 e. The van der Waals surface area contributed by atoms with Gasteiger partial charge < -0.3 is 9.64 Å². The number of aromatic nitrogens is 1. The number of morpholine rings is 1. The molecule has 3 aliphatic heterocycles. The van der Waals surface area contributed by atoms with E-state index >= 15 is 0 Å². The number of ether oxygens (including phenoxy) is 1. The average molecular weight is 612 g/mol. The van der Waals surface area contributed by atoms with Gasteiger partial charge in [0.25, 0.3) is 0 Å². The predicted octanol–water partition coefficient (Wildman–Crippen LogP) is 4.52. The molecule has 4 heterocycles. The lowest BCUT2D eigenvalue weighted by atomic mass is 9.81. The van der Waals surface area contributed by atoms with Crippen LogP contribution in [0.15, 0.2) is 58.4 Å². The molecule has 0 spiro atoms. The molecule has 2 saturated heterocycles. The summed E-state index contributed by atoms with van der Waals surface area (Å²) in [7, 11) is 0. The summed E-state index contributed by atoms with van der Waals surface area (Å²) in [4.78, 5) is 57.8. The van der Waals surface area contributed by atoms with Crippen molar-refractivity contribution < 1.29 is 19.1 Å². The molecule has 0 bridgehead atoms. The number of carbonyl (C=O) groups is 3. The zero-order chi connectivity index (χ0) is 29.1. The molecule has 2 aromatic carbocycles. The summed E-state index contributed by atoms with van der Waals surface area (Å²) in [6, 6.07) is 14.7. The Kier molecular flexibility index (Phi) is 7.38. The maximum atomic E-state index is 14.0. The first-order valence-electron chi connectivity index (χ1n) is 13.5. The molecule has 1 aromatic heterocycles. The van der Waals surface area contributed by atoms with E-state index in [9.17, 15) is 19.2 Å². The van der Waals surface area contributed by atoms with Crippen molar-refractivity contribution in [3.05, 3.63) is 79.2 Å². The molecule has 11 heteroatoms. The van der Waals surface area contributed by atoms with E-state index in [0.29, 0.717) is 42.0 Å². The molecular formula is C30H30ClN3O5S2. The van der Waals surface area contributed by atoms with E-state index in [2.05, 4.69) is 20.8 Å². The number of hydrogen-bond donors (Lipinski definition) is 0. The van der Waals surface area contributed by atoms with Crippen molar-refractivity contribution in [1.82, 2.24) is 9.47 Å². The second-order valence-electron chi connectivity index (χ2n) is 11.5. The first-order valence-corrected chi connectivity index (χ1v) is 15.6. The Morgan fingerprint density at radius 3 is 2.27 bits per heavy atom. The van der Waals surface area contributed by atoms with Crippen LogP contribution in [0.25, 0.3) is 0 Å². The topological polar surface area (TPSA) is 88.9 Å². The van der Waals surface area contributed by atoms with Gasteiger partial charge in [0.2, 0.25) is 17.7 Å². The summed E-state index contributed by atoms with van der Waals surface area (Å²) in [6.45, 7) is 8.16. The quantitative estimate of drug-likeness (QED) is 0.403. The first kappa shape index (κ1) is 28.2. The van der Waals surface area contributed by atoms with Gasteiger partial charge in [-0.1, -0.05) is 79.7 Å². The molecule has 8 nitrogen and oxygen atoms in total. The molecule has 0 radical (unpaired) electrons. The summed E-state index contributed by atoms with van der Waals surface area (Å²) >= 11 is 8.36. The van der Waals surface area contributed by atoms with Gasteiger partial charge in [-0.3, -0.25) is 23.7 Å². The number of benzene rings is 2. The van der Waals surface area contributed by atoms with Crippen molar-refractivity contribution in [1.29, 1.82) is 0 Å². The molecule has 41 heavy (non-hydrogen) atoms. The molecule has 6 rings (SSSR count). The fourth-order valence-electron chi connectivity index (χ4n) is 5.70. The van der Waals surface area contributed by atoms with E-state index in [1.54, 1.807) is 29.2 Å². The van der Waals surface area contributed by atoms with Crippen molar-refractivity contribution in [3.8, 4) is 0 Å². The highest BCUT2D eigenvalue weighted by Gasteiger charge is 2.56. The SMILES string of the molecule is CC(C)(C)c1ccc([C@@H]2c3sc(=O)n(CC(=O)N4CCOCC4)c3S[C@@H]3C(=O)N(c4ccc(Cl)cc4)C(=O)[C@H]23)cc1. The van der Waals surface area contributed by atoms with Gasteiger partial charge in [-0.25, -0.2) is 4.90 Å². The van der Waals surface area contributed by atoms with Crippen LogP contribution in [-0.2, 0) is 31.1 Å². The zero-order valence-corrected chi connectivity index (χ0v) is 25.4. The van der Waals surface area contributed by atoms with E-state index < -0.39 is 17.1 Å². The third-order valence-corrected chi connectivity index (χ3v) is 10.8. The Bertz CT molecular complexity index is 1570. The van der Waals surface area contributed by atoms with Crippen LogP contribution in [0.2, 0.25) is 5.02 Å². The number of anilines is 1. The minimum absolute atomic E-state index is 0.0623. The van der Waals surface area contributed by atoms with Crippen molar-refractivity contribution in [2.75, 3.05) is 31.2 Å². The van der Waals surface area contributed by atoms with Crippen molar-refractivity contribution in [3.63, 3.8) is 0 Å². The molecule has 3 aliphatic rings.